The lowest BCUT2D eigenvalue weighted by atomic mass is 9.97. The normalized spacial score (nSPS) is 12.4. The van der Waals surface area contributed by atoms with E-state index in [1.165, 1.54) is 24.3 Å². The van der Waals surface area contributed by atoms with E-state index in [1.807, 2.05) is 6.07 Å². The van der Waals surface area contributed by atoms with Crippen LogP contribution in [0, 0.1) is 18.6 Å². The third-order valence-corrected chi connectivity index (χ3v) is 3.33. The Morgan fingerprint density at radius 2 is 1.95 bits per heavy atom. The van der Waals surface area contributed by atoms with E-state index in [-0.39, 0.29) is 18.1 Å². The van der Waals surface area contributed by atoms with E-state index in [9.17, 15) is 8.78 Å². The fourth-order valence-electron chi connectivity index (χ4n) is 2.16. The molecule has 20 heavy (non-hydrogen) atoms. The monoisotopic (exact) mass is 296 g/mol. The minimum absolute atomic E-state index is 0.284. The zero-order chi connectivity index (χ0) is 14.7. The summed E-state index contributed by atoms with van der Waals surface area (Å²) in [6.07, 6.45) is 0.284. The van der Waals surface area contributed by atoms with Crippen LogP contribution in [0.25, 0.3) is 0 Å². The average molecular weight is 297 g/mol. The maximum Gasteiger partial charge on any atom is 0.126 e. The van der Waals surface area contributed by atoms with Crippen molar-refractivity contribution in [2.24, 2.45) is 5.84 Å². The Hall–Kier alpha value is -1.49. The number of nitrogens with one attached hydrogen (secondary N) is 1. The smallest absolute Gasteiger partial charge is 0.126 e. The Balaban J connectivity index is 2.30. The molecule has 0 fully saturated rings. The summed E-state index contributed by atoms with van der Waals surface area (Å²) in [6, 6.07) is 8.58. The number of benzene rings is 2. The van der Waals surface area contributed by atoms with Gasteiger partial charge in [0, 0.05) is 5.02 Å². The molecular weight excluding hydrogens is 282 g/mol. The van der Waals surface area contributed by atoms with Crippen LogP contribution in [0.15, 0.2) is 36.4 Å². The molecule has 0 spiro atoms. The van der Waals surface area contributed by atoms with Crippen molar-refractivity contribution >= 4 is 11.6 Å². The molecule has 2 rings (SSSR count). The average Bonchev–Trinajstić information content (AvgIpc) is 2.38. The van der Waals surface area contributed by atoms with Crippen molar-refractivity contribution < 1.29 is 8.78 Å². The first-order valence-corrected chi connectivity index (χ1v) is 6.54. The van der Waals surface area contributed by atoms with Gasteiger partial charge in [0.05, 0.1) is 6.04 Å². The summed E-state index contributed by atoms with van der Waals surface area (Å²) in [5.41, 5.74) is 4.48. The summed E-state index contributed by atoms with van der Waals surface area (Å²) >= 11 is 5.86. The molecule has 0 radical (unpaired) electrons. The van der Waals surface area contributed by atoms with Gasteiger partial charge in [0.2, 0.25) is 0 Å². The van der Waals surface area contributed by atoms with Crippen LogP contribution in [0.3, 0.4) is 0 Å². The Morgan fingerprint density at radius 1 is 1.20 bits per heavy atom. The maximum absolute atomic E-state index is 13.7. The van der Waals surface area contributed by atoms with E-state index >= 15 is 0 Å². The molecule has 3 N–H and O–H groups in total. The molecule has 0 aliphatic carbocycles. The Labute approximate surface area is 121 Å². The Morgan fingerprint density at radius 3 is 2.60 bits per heavy atom. The summed E-state index contributed by atoms with van der Waals surface area (Å²) < 4.78 is 27.2. The van der Waals surface area contributed by atoms with Crippen molar-refractivity contribution in [1.29, 1.82) is 0 Å². The molecule has 0 aliphatic heterocycles. The summed E-state index contributed by atoms with van der Waals surface area (Å²) in [4.78, 5) is 0. The van der Waals surface area contributed by atoms with Gasteiger partial charge in [-0.1, -0.05) is 17.7 Å². The predicted octanol–water partition coefficient (Wildman–Crippen LogP) is 3.67. The molecule has 0 saturated carbocycles. The number of hydrogen-bond acceptors (Lipinski definition) is 2. The molecular formula is C15H15ClF2N2. The van der Waals surface area contributed by atoms with Gasteiger partial charge in [0.25, 0.3) is 0 Å². The Kier molecular flexibility index (Phi) is 4.70. The van der Waals surface area contributed by atoms with Gasteiger partial charge in [-0.05, 0) is 60.4 Å². The molecule has 0 aromatic heterocycles. The molecule has 0 aliphatic rings. The second-order valence-corrected chi connectivity index (χ2v) is 5.16. The fraction of sp³-hybridized carbons (Fsp3) is 0.200. The molecule has 0 bridgehead atoms. The highest BCUT2D eigenvalue weighted by Gasteiger charge is 2.15. The second kappa shape index (κ2) is 6.31. The fourth-order valence-corrected chi connectivity index (χ4v) is 2.35. The van der Waals surface area contributed by atoms with Crippen LogP contribution in [0.4, 0.5) is 8.78 Å². The first kappa shape index (κ1) is 14.9. The lowest BCUT2D eigenvalue weighted by Gasteiger charge is -2.17. The van der Waals surface area contributed by atoms with Crippen LogP contribution in [0.1, 0.15) is 22.7 Å². The van der Waals surface area contributed by atoms with Crippen LogP contribution in [0.5, 0.6) is 0 Å². The van der Waals surface area contributed by atoms with Crippen LogP contribution in [0.2, 0.25) is 5.02 Å². The molecule has 2 aromatic rings. The van der Waals surface area contributed by atoms with Gasteiger partial charge in [-0.15, -0.1) is 0 Å². The van der Waals surface area contributed by atoms with E-state index in [4.69, 9.17) is 17.4 Å². The van der Waals surface area contributed by atoms with Crippen LogP contribution in [-0.2, 0) is 6.42 Å². The highest BCUT2D eigenvalue weighted by Crippen LogP contribution is 2.23. The topological polar surface area (TPSA) is 38.0 Å². The number of nitrogens with two attached hydrogens (primary N) is 1. The van der Waals surface area contributed by atoms with Crippen molar-refractivity contribution in [3.63, 3.8) is 0 Å². The number of aryl methyl sites for hydroxylation is 1. The van der Waals surface area contributed by atoms with Crippen molar-refractivity contribution in [2.45, 2.75) is 19.4 Å². The molecule has 5 heteroatoms. The van der Waals surface area contributed by atoms with E-state index in [0.717, 1.165) is 5.56 Å². The minimum Gasteiger partial charge on any atom is -0.271 e. The van der Waals surface area contributed by atoms with Gasteiger partial charge < -0.3 is 0 Å². The minimum atomic E-state index is -0.391. The molecule has 2 nitrogen and oxygen atoms in total. The number of hydrazine groups is 1. The molecule has 2 aromatic carbocycles. The van der Waals surface area contributed by atoms with Crippen LogP contribution in [-0.4, -0.2) is 0 Å². The number of halogens is 3. The van der Waals surface area contributed by atoms with Crippen molar-refractivity contribution in [3.8, 4) is 0 Å². The molecule has 0 saturated heterocycles. The predicted molar refractivity (Wildman–Crippen MR) is 76.3 cm³/mol. The quantitative estimate of drug-likeness (QED) is 0.667. The lowest BCUT2D eigenvalue weighted by molar-refractivity contribution is 0.524. The van der Waals surface area contributed by atoms with Crippen molar-refractivity contribution in [2.75, 3.05) is 0 Å². The summed E-state index contributed by atoms with van der Waals surface area (Å²) in [5, 5.41) is 0.451. The lowest BCUT2D eigenvalue weighted by Crippen LogP contribution is -2.30. The van der Waals surface area contributed by atoms with Gasteiger partial charge in [-0.3, -0.25) is 11.3 Å². The van der Waals surface area contributed by atoms with Gasteiger partial charge in [-0.2, -0.15) is 0 Å². The first-order valence-electron chi connectivity index (χ1n) is 6.16. The number of rotatable bonds is 4. The SMILES string of the molecule is Cc1cc(F)cc(C(Cc2cc(Cl)ccc2F)NN)c1. The van der Waals surface area contributed by atoms with E-state index in [0.29, 0.717) is 16.1 Å². The van der Waals surface area contributed by atoms with Crippen LogP contribution < -0.4 is 11.3 Å². The summed E-state index contributed by atoms with van der Waals surface area (Å²) in [6.45, 7) is 1.79. The van der Waals surface area contributed by atoms with Crippen molar-refractivity contribution in [3.05, 3.63) is 69.7 Å². The molecule has 1 unspecified atom stereocenters. The molecule has 106 valence electrons. The maximum atomic E-state index is 13.7. The summed E-state index contributed by atoms with van der Waals surface area (Å²) in [5.74, 6) is 4.81. The highest BCUT2D eigenvalue weighted by molar-refractivity contribution is 6.30. The standard InChI is InChI=1S/C15H15ClF2N2/c1-9-4-11(7-13(17)5-9)15(20-19)8-10-6-12(16)2-3-14(10)18/h2-7,15,20H,8,19H2,1H3. The second-order valence-electron chi connectivity index (χ2n) is 4.72. The van der Waals surface area contributed by atoms with Gasteiger partial charge in [0.15, 0.2) is 0 Å². The van der Waals surface area contributed by atoms with E-state index in [1.54, 1.807) is 13.0 Å². The van der Waals surface area contributed by atoms with Gasteiger partial charge in [-0.25, -0.2) is 8.78 Å². The first-order chi connectivity index (χ1) is 9.49. The van der Waals surface area contributed by atoms with Gasteiger partial charge >= 0.3 is 0 Å². The third kappa shape index (κ3) is 3.54. The van der Waals surface area contributed by atoms with E-state index in [2.05, 4.69) is 5.43 Å². The highest BCUT2D eigenvalue weighted by atomic mass is 35.5. The molecule has 0 heterocycles. The van der Waals surface area contributed by atoms with Gasteiger partial charge in [0.1, 0.15) is 11.6 Å². The van der Waals surface area contributed by atoms with Crippen LogP contribution >= 0.6 is 11.6 Å². The Bertz CT molecular complexity index is 597. The third-order valence-electron chi connectivity index (χ3n) is 3.10. The van der Waals surface area contributed by atoms with Crippen molar-refractivity contribution in [1.82, 2.24) is 5.43 Å². The molecule has 0 amide bonds. The number of hydrogen-bond donors (Lipinski definition) is 2. The molecule has 1 atom stereocenters. The zero-order valence-corrected chi connectivity index (χ0v) is 11.7. The largest absolute Gasteiger partial charge is 0.271 e. The zero-order valence-electron chi connectivity index (χ0n) is 11.0. The van der Waals surface area contributed by atoms with E-state index < -0.39 is 6.04 Å². The summed E-state index contributed by atoms with van der Waals surface area (Å²) in [7, 11) is 0.